The van der Waals surface area contributed by atoms with E-state index < -0.39 is 12.3 Å². The minimum Gasteiger partial charge on any atom is -0.450 e. The van der Waals surface area contributed by atoms with Crippen LogP contribution in [0.4, 0.5) is 9.59 Å². The van der Waals surface area contributed by atoms with Crippen molar-refractivity contribution >= 4 is 131 Å². The molecule has 0 fully saturated rings. The van der Waals surface area contributed by atoms with Crippen molar-refractivity contribution in [3.05, 3.63) is 0 Å². The van der Waals surface area contributed by atoms with Gasteiger partial charge in [-0.15, -0.1) is 0 Å². The van der Waals surface area contributed by atoms with Gasteiger partial charge in [-0.05, 0) is 0 Å². The first kappa shape index (κ1) is 59.2. The first-order valence-corrected chi connectivity index (χ1v) is 1.90. The summed E-state index contributed by atoms with van der Waals surface area (Å²) in [7, 11) is 0. The van der Waals surface area contributed by atoms with E-state index in [9.17, 15) is 0 Å². The summed E-state index contributed by atoms with van der Waals surface area (Å²) in [6.45, 7) is 0. The quantitative estimate of drug-likeness (QED) is 0.146. The molecule has 0 aromatic heterocycles. The molecule has 0 rings (SSSR count). The van der Waals surface area contributed by atoms with Gasteiger partial charge in [0.05, 0.1) is 0 Å². The van der Waals surface area contributed by atoms with Gasteiger partial charge in [-0.3, -0.25) is 31.5 Å². The van der Waals surface area contributed by atoms with Crippen LogP contribution in [0, 0.1) is 0 Å². The monoisotopic (exact) mass is 318 g/mol. The maximum absolute atomic E-state index is 8.56. The predicted octanol–water partition coefficient (Wildman–Crippen LogP) is -1.03. The maximum Gasteiger partial charge on any atom is 0.503 e. The van der Waals surface area contributed by atoms with Gasteiger partial charge in [-0.2, -0.15) is 0 Å². The molecule has 0 aliphatic rings. The van der Waals surface area contributed by atoms with Crippen molar-refractivity contribution in [3.63, 3.8) is 0 Å². The summed E-state index contributed by atoms with van der Waals surface area (Å²) in [5.41, 5.74) is 0. The topological polar surface area (TPSA) is 236 Å². The average molecular weight is 318 g/mol. The van der Waals surface area contributed by atoms with E-state index in [4.69, 9.17) is 61.6 Å². The maximum atomic E-state index is 8.56. The van der Waals surface area contributed by atoms with Gasteiger partial charge in [-0.1, -0.05) is 0 Å². The van der Waals surface area contributed by atoms with Crippen LogP contribution in [-0.2, 0) is 0 Å². The number of carbonyl (C=O) groups is 2. The molecule has 4 radical (unpaired) electrons. The van der Waals surface area contributed by atoms with Crippen molar-refractivity contribution in [3.8, 4) is 0 Å². The molecular weight excluding hydrogens is 308 g/mol. The van der Waals surface area contributed by atoms with Crippen molar-refractivity contribution in [2.75, 3.05) is 0 Å². The summed E-state index contributed by atoms with van der Waals surface area (Å²) in [4.78, 5) is 17.1. The molecule has 94 valence electrons. The van der Waals surface area contributed by atoms with Gasteiger partial charge >= 0.3 is 12.3 Å². The molecule has 0 spiro atoms. The van der Waals surface area contributed by atoms with Gasteiger partial charge < -0.3 is 20.4 Å². The Morgan fingerprint density at radius 2 is 0.444 bits per heavy atom. The Morgan fingerprint density at radius 1 is 0.444 bits per heavy atom. The van der Waals surface area contributed by atoms with Gasteiger partial charge in [0.25, 0.3) is 0 Å². The molecule has 0 saturated carbocycles. The molecule has 0 aliphatic carbocycles. The number of hydrogen-bond donors (Lipinski definition) is 10. The van der Waals surface area contributed by atoms with Crippen LogP contribution in [0.2, 0.25) is 0 Å². The second kappa shape index (κ2) is 93.8. The third-order valence-corrected chi connectivity index (χ3v) is 0. The second-order valence-corrected chi connectivity index (χ2v) is 0.565. The Labute approximate surface area is 189 Å². The van der Waals surface area contributed by atoms with Crippen molar-refractivity contribution in [1.82, 2.24) is 0 Å². The van der Waals surface area contributed by atoms with E-state index in [1.54, 1.807) is 0 Å². The zero-order valence-corrected chi connectivity index (χ0v) is 18.3. The summed E-state index contributed by atoms with van der Waals surface area (Å²) >= 11 is 0. The van der Waals surface area contributed by atoms with Crippen LogP contribution in [0.5, 0.6) is 0 Å². The van der Waals surface area contributed by atoms with Crippen molar-refractivity contribution < 1.29 is 61.6 Å². The number of carboxylic acid groups (broad SMARTS) is 4. The van der Waals surface area contributed by atoms with Gasteiger partial charge in [0.2, 0.25) is 0 Å². The molecular formula is C2H10Na4O12. The molecule has 16 heteroatoms. The van der Waals surface area contributed by atoms with Crippen LogP contribution in [0.1, 0.15) is 0 Å². The smallest absolute Gasteiger partial charge is 0.450 e. The normalized spacial score (nSPS) is 3.67. The Hall–Kier alpha value is 2.30. The van der Waals surface area contributed by atoms with E-state index in [-0.39, 0.29) is 118 Å². The fourth-order valence-electron chi connectivity index (χ4n) is 0. The first-order chi connectivity index (χ1) is 6.46. The van der Waals surface area contributed by atoms with E-state index in [1.807, 2.05) is 0 Å². The molecule has 18 heavy (non-hydrogen) atoms. The number of rotatable bonds is 0. The summed E-state index contributed by atoms with van der Waals surface area (Å²) < 4.78 is 0. The van der Waals surface area contributed by atoms with Crippen molar-refractivity contribution in [1.29, 1.82) is 0 Å². The zero-order chi connectivity index (χ0) is 13.2. The van der Waals surface area contributed by atoms with E-state index >= 15 is 0 Å². The van der Waals surface area contributed by atoms with Crippen LogP contribution in [-0.4, -0.2) is 183 Å². The van der Waals surface area contributed by atoms with E-state index in [0.29, 0.717) is 0 Å². The van der Waals surface area contributed by atoms with Gasteiger partial charge in [0, 0.05) is 118 Å². The minimum absolute atomic E-state index is 0. The molecule has 0 aliphatic heterocycles. The summed E-state index contributed by atoms with van der Waals surface area (Å²) in [6.07, 6.45) is -3.67. The molecule has 0 amide bonds. The van der Waals surface area contributed by atoms with E-state index in [0.717, 1.165) is 0 Å². The molecule has 12 nitrogen and oxygen atoms in total. The van der Waals surface area contributed by atoms with Crippen molar-refractivity contribution in [2.24, 2.45) is 0 Å². The van der Waals surface area contributed by atoms with Gasteiger partial charge in [-0.25, -0.2) is 9.59 Å². The van der Waals surface area contributed by atoms with E-state index in [2.05, 4.69) is 0 Å². The van der Waals surface area contributed by atoms with Gasteiger partial charge in [0.1, 0.15) is 0 Å². The zero-order valence-electron chi connectivity index (χ0n) is 10.3. The summed E-state index contributed by atoms with van der Waals surface area (Å²) in [6, 6.07) is 0. The van der Waals surface area contributed by atoms with Gasteiger partial charge in [0.15, 0.2) is 0 Å². The van der Waals surface area contributed by atoms with E-state index in [1.165, 1.54) is 0 Å². The van der Waals surface area contributed by atoms with Crippen molar-refractivity contribution in [2.45, 2.75) is 0 Å². The standard InChI is InChI=1S/2CH2O3.4Na.3H2O2/c2*2-1(3)4;;;;;3*1-2/h2*(H2,2,3,4);;;;;3*1-2H. The molecule has 0 unspecified atom stereocenters. The fraction of sp³-hybridized carbons (Fsp3) is 0. The largest absolute Gasteiger partial charge is 0.503 e. The Bertz CT molecular complexity index is 80.1. The molecule has 0 aromatic rings. The third-order valence-electron chi connectivity index (χ3n) is 0. The van der Waals surface area contributed by atoms with Crippen LogP contribution in [0.25, 0.3) is 0 Å². The predicted molar refractivity (Wildman–Crippen MR) is 60.1 cm³/mol. The first-order valence-electron chi connectivity index (χ1n) is 1.90. The molecule has 0 bridgehead atoms. The average Bonchev–Trinajstić information content (AvgIpc) is 2.12. The summed E-state index contributed by atoms with van der Waals surface area (Å²) in [5, 5.41) is 63.9. The summed E-state index contributed by atoms with van der Waals surface area (Å²) in [5.74, 6) is 0. The Kier molecular flexibility index (Phi) is 309. The molecule has 10 N–H and O–H groups in total. The Morgan fingerprint density at radius 3 is 0.444 bits per heavy atom. The number of hydrogen-bond acceptors (Lipinski definition) is 8. The second-order valence-electron chi connectivity index (χ2n) is 0.565. The van der Waals surface area contributed by atoms with Crippen LogP contribution in [0.3, 0.4) is 0 Å². The SMILES string of the molecule is O=C(O)O.O=C(O)O.OO.OO.OO.[Na].[Na].[Na].[Na]. The van der Waals surface area contributed by atoms with Crippen LogP contribution < -0.4 is 0 Å². The minimum atomic E-state index is -1.83. The molecule has 0 heterocycles. The third kappa shape index (κ3) is 1040. The van der Waals surface area contributed by atoms with Crippen LogP contribution in [0.15, 0.2) is 0 Å². The van der Waals surface area contributed by atoms with Crippen LogP contribution >= 0.6 is 0 Å². The Balaban J connectivity index is -0.00000000792. The molecule has 0 saturated heterocycles. The fourth-order valence-corrected chi connectivity index (χ4v) is 0. The molecule has 0 atom stereocenters. The molecule has 0 aromatic carbocycles.